The monoisotopic (exact) mass is 372 g/mol. The third-order valence-corrected chi connectivity index (χ3v) is 5.17. The number of hydrogen-bond acceptors (Lipinski definition) is 4. The van der Waals surface area contributed by atoms with Crippen LogP contribution >= 0.6 is 0 Å². The van der Waals surface area contributed by atoms with Gasteiger partial charge < -0.3 is 19.0 Å². The van der Waals surface area contributed by atoms with Crippen LogP contribution in [0.25, 0.3) is 27.8 Å². The zero-order valence-corrected chi connectivity index (χ0v) is 15.3. The maximum absolute atomic E-state index is 11.5. The van der Waals surface area contributed by atoms with E-state index in [2.05, 4.69) is 51.4 Å². The number of nitrogens with one attached hydrogen (secondary N) is 1. The van der Waals surface area contributed by atoms with Gasteiger partial charge in [-0.15, -0.1) is 0 Å². The number of H-pyrrole nitrogens is 1. The summed E-state index contributed by atoms with van der Waals surface area (Å²) in [5.41, 5.74) is 6.33. The van der Waals surface area contributed by atoms with Crippen molar-refractivity contribution in [2.75, 3.05) is 31.2 Å². The molecule has 6 nitrogen and oxygen atoms in total. The number of aromatic nitrogens is 3. The lowest BCUT2D eigenvalue weighted by Crippen LogP contribution is -2.36. The first-order chi connectivity index (χ1) is 13.8. The molecular weight excluding hydrogens is 352 g/mol. The molecule has 6 heteroatoms. The van der Waals surface area contributed by atoms with Gasteiger partial charge in [0.1, 0.15) is 0 Å². The summed E-state index contributed by atoms with van der Waals surface area (Å²) in [4.78, 5) is 20.9. The first-order valence-electron chi connectivity index (χ1n) is 9.36. The first kappa shape index (κ1) is 16.8. The highest BCUT2D eigenvalue weighted by Gasteiger charge is 2.13. The Balaban J connectivity index is 1.61. The number of morpholine rings is 1. The topological polar surface area (TPSA) is 62.6 Å². The van der Waals surface area contributed by atoms with Crippen molar-refractivity contribution in [3.05, 3.63) is 77.7 Å². The molecule has 28 heavy (non-hydrogen) atoms. The Morgan fingerprint density at radius 2 is 1.89 bits per heavy atom. The average molecular weight is 372 g/mol. The van der Waals surface area contributed by atoms with Crippen LogP contribution in [-0.2, 0) is 4.74 Å². The molecule has 0 spiro atoms. The minimum Gasteiger partial charge on any atom is -0.378 e. The smallest absolute Gasteiger partial charge is 0.247 e. The highest BCUT2D eigenvalue weighted by atomic mass is 16.5. The Bertz CT molecular complexity index is 1170. The number of ether oxygens (including phenoxy) is 1. The number of nitrogens with zero attached hydrogens (tertiary/aromatic N) is 3. The molecule has 5 rings (SSSR count). The average Bonchev–Trinajstić information content (AvgIpc) is 3.23. The Kier molecular flexibility index (Phi) is 4.18. The molecule has 0 amide bonds. The van der Waals surface area contributed by atoms with E-state index in [0.717, 1.165) is 54.1 Å². The van der Waals surface area contributed by atoms with Gasteiger partial charge in [0.15, 0.2) is 0 Å². The molecule has 0 bridgehead atoms. The zero-order chi connectivity index (χ0) is 18.9. The number of benzene rings is 1. The first-order valence-corrected chi connectivity index (χ1v) is 9.36. The zero-order valence-electron chi connectivity index (χ0n) is 15.3. The molecule has 0 aliphatic carbocycles. The fourth-order valence-electron chi connectivity index (χ4n) is 3.70. The van der Waals surface area contributed by atoms with Crippen LogP contribution in [0.1, 0.15) is 0 Å². The quantitative estimate of drug-likeness (QED) is 0.600. The second kappa shape index (κ2) is 6.98. The Morgan fingerprint density at radius 3 is 2.71 bits per heavy atom. The molecule has 3 aromatic heterocycles. The molecule has 0 unspecified atom stereocenters. The third-order valence-electron chi connectivity index (χ3n) is 5.17. The van der Waals surface area contributed by atoms with E-state index in [1.807, 2.05) is 16.7 Å². The van der Waals surface area contributed by atoms with E-state index < -0.39 is 0 Å². The molecule has 1 aliphatic heterocycles. The summed E-state index contributed by atoms with van der Waals surface area (Å²) in [7, 11) is 0. The molecule has 1 saturated heterocycles. The van der Waals surface area contributed by atoms with Gasteiger partial charge in [0.2, 0.25) is 5.56 Å². The summed E-state index contributed by atoms with van der Waals surface area (Å²) in [5.74, 6) is 0. The molecule has 0 atom stereocenters. The number of hydrogen-bond donors (Lipinski definition) is 1. The second-order valence-electron chi connectivity index (χ2n) is 6.92. The van der Waals surface area contributed by atoms with Crippen molar-refractivity contribution in [2.45, 2.75) is 0 Å². The van der Waals surface area contributed by atoms with Crippen LogP contribution in [0.4, 0.5) is 5.69 Å². The van der Waals surface area contributed by atoms with Gasteiger partial charge in [-0.25, -0.2) is 4.98 Å². The van der Waals surface area contributed by atoms with E-state index in [4.69, 9.17) is 4.74 Å². The Labute approximate surface area is 162 Å². The van der Waals surface area contributed by atoms with Crippen LogP contribution in [0.15, 0.2) is 72.2 Å². The van der Waals surface area contributed by atoms with E-state index in [1.54, 1.807) is 18.6 Å². The van der Waals surface area contributed by atoms with E-state index >= 15 is 0 Å². The predicted molar refractivity (Wildman–Crippen MR) is 110 cm³/mol. The van der Waals surface area contributed by atoms with Crippen LogP contribution in [0, 0.1) is 0 Å². The standard InChI is InChI=1S/C22H20N4O2/c27-22-5-4-17(12-24-22)20-11-18(14-26-15-23-13-21(20)26)16-2-1-3-19(10-16)25-6-8-28-9-7-25/h1-5,10-15H,6-9H2,(H,24,27). The van der Waals surface area contributed by atoms with Crippen LogP contribution in [0.2, 0.25) is 0 Å². The lowest BCUT2D eigenvalue weighted by Gasteiger charge is -2.29. The molecule has 0 radical (unpaired) electrons. The molecule has 1 N–H and O–H groups in total. The highest BCUT2D eigenvalue weighted by Crippen LogP contribution is 2.31. The van der Waals surface area contributed by atoms with E-state index in [1.165, 1.54) is 5.69 Å². The van der Waals surface area contributed by atoms with Gasteiger partial charge in [-0.1, -0.05) is 12.1 Å². The van der Waals surface area contributed by atoms with Crippen LogP contribution < -0.4 is 10.5 Å². The summed E-state index contributed by atoms with van der Waals surface area (Å²) in [5, 5.41) is 0. The molecule has 4 heterocycles. The number of pyridine rings is 2. The minimum absolute atomic E-state index is 0.109. The van der Waals surface area contributed by atoms with Crippen molar-refractivity contribution in [2.24, 2.45) is 0 Å². The maximum atomic E-state index is 11.5. The number of aromatic amines is 1. The summed E-state index contributed by atoms with van der Waals surface area (Å²) >= 11 is 0. The Hall–Kier alpha value is -3.38. The largest absolute Gasteiger partial charge is 0.378 e. The van der Waals surface area contributed by atoms with E-state index in [9.17, 15) is 4.79 Å². The number of anilines is 1. The van der Waals surface area contributed by atoms with E-state index in [-0.39, 0.29) is 5.56 Å². The number of rotatable bonds is 3. The maximum Gasteiger partial charge on any atom is 0.247 e. The fraction of sp³-hybridized carbons (Fsp3) is 0.182. The number of imidazole rings is 1. The van der Waals surface area contributed by atoms with E-state index in [0.29, 0.717) is 0 Å². The molecule has 4 aromatic rings. The SMILES string of the molecule is O=c1ccc(-c2cc(-c3cccc(N4CCOCC4)c3)cn3cncc23)c[nH]1. The Morgan fingerprint density at radius 1 is 1.00 bits per heavy atom. The molecule has 0 saturated carbocycles. The number of fused-ring (bicyclic) bond motifs is 1. The van der Waals surface area contributed by atoms with Crippen molar-refractivity contribution in [1.29, 1.82) is 0 Å². The van der Waals surface area contributed by atoms with Gasteiger partial charge in [0.25, 0.3) is 0 Å². The summed E-state index contributed by atoms with van der Waals surface area (Å²) < 4.78 is 7.50. The summed E-state index contributed by atoms with van der Waals surface area (Å²) in [6.07, 6.45) is 7.49. The van der Waals surface area contributed by atoms with Crippen molar-refractivity contribution in [3.8, 4) is 22.3 Å². The lowest BCUT2D eigenvalue weighted by atomic mass is 10.0. The molecule has 1 aliphatic rings. The summed E-state index contributed by atoms with van der Waals surface area (Å²) in [6.45, 7) is 3.35. The molecular formula is C22H20N4O2. The van der Waals surface area contributed by atoms with Gasteiger partial charge in [-0.05, 0) is 35.4 Å². The van der Waals surface area contributed by atoms with Gasteiger partial charge in [0.05, 0.1) is 31.3 Å². The molecule has 140 valence electrons. The van der Waals surface area contributed by atoms with Gasteiger partial charge in [0, 0.05) is 48.4 Å². The third kappa shape index (κ3) is 3.08. The van der Waals surface area contributed by atoms with Crippen LogP contribution in [-0.4, -0.2) is 40.7 Å². The van der Waals surface area contributed by atoms with Gasteiger partial charge >= 0.3 is 0 Å². The van der Waals surface area contributed by atoms with Crippen molar-refractivity contribution < 1.29 is 4.74 Å². The summed E-state index contributed by atoms with van der Waals surface area (Å²) in [6, 6.07) is 14.1. The normalized spacial score (nSPS) is 14.5. The lowest BCUT2D eigenvalue weighted by molar-refractivity contribution is 0.122. The van der Waals surface area contributed by atoms with Crippen molar-refractivity contribution in [1.82, 2.24) is 14.4 Å². The van der Waals surface area contributed by atoms with Crippen molar-refractivity contribution in [3.63, 3.8) is 0 Å². The van der Waals surface area contributed by atoms with Crippen LogP contribution in [0.5, 0.6) is 0 Å². The van der Waals surface area contributed by atoms with Crippen LogP contribution in [0.3, 0.4) is 0 Å². The molecule has 1 aromatic carbocycles. The fourth-order valence-corrected chi connectivity index (χ4v) is 3.70. The minimum atomic E-state index is -0.109. The second-order valence-corrected chi connectivity index (χ2v) is 6.92. The predicted octanol–water partition coefficient (Wildman–Crippen LogP) is 3.19. The molecule has 1 fully saturated rings. The van der Waals surface area contributed by atoms with Crippen molar-refractivity contribution >= 4 is 11.2 Å². The van der Waals surface area contributed by atoms with Gasteiger partial charge in [-0.3, -0.25) is 4.79 Å². The van der Waals surface area contributed by atoms with Gasteiger partial charge in [-0.2, -0.15) is 0 Å². The highest BCUT2D eigenvalue weighted by molar-refractivity contribution is 5.84.